The van der Waals surface area contributed by atoms with Crippen molar-refractivity contribution in [2.75, 3.05) is 19.7 Å². The summed E-state index contributed by atoms with van der Waals surface area (Å²) in [5.74, 6) is -0.0671. The number of nitrogens with zero attached hydrogens (tertiary/aromatic N) is 1. The van der Waals surface area contributed by atoms with Crippen LogP contribution in [-0.4, -0.2) is 59.8 Å². The molecule has 1 atom stereocenters. The third-order valence-electron chi connectivity index (χ3n) is 4.98. The fourth-order valence-electron chi connectivity index (χ4n) is 3.39. The van der Waals surface area contributed by atoms with Crippen molar-refractivity contribution in [1.29, 1.82) is 0 Å². The van der Waals surface area contributed by atoms with Gasteiger partial charge in [0.1, 0.15) is 6.10 Å². The second-order valence-corrected chi connectivity index (χ2v) is 6.95. The van der Waals surface area contributed by atoms with Crippen LogP contribution in [0.4, 0.5) is 0 Å². The maximum absolute atomic E-state index is 12.1. The molecule has 1 aliphatic heterocycles. The van der Waals surface area contributed by atoms with Gasteiger partial charge in [-0.3, -0.25) is 14.5 Å². The Morgan fingerprint density at radius 2 is 1.95 bits per heavy atom. The molecule has 124 valence electrons. The summed E-state index contributed by atoms with van der Waals surface area (Å²) in [5.41, 5.74) is 0. The minimum atomic E-state index is -0.760. The average Bonchev–Trinajstić information content (AvgIpc) is 3.26. The maximum Gasteiger partial charge on any atom is 0.317 e. The van der Waals surface area contributed by atoms with Crippen LogP contribution in [0, 0.1) is 5.92 Å². The van der Waals surface area contributed by atoms with Crippen molar-refractivity contribution in [1.82, 2.24) is 10.2 Å². The molecule has 3 aliphatic rings. The highest BCUT2D eigenvalue weighted by Gasteiger charge is 2.38. The molecule has 3 rings (SSSR count). The Hall–Kier alpha value is -1.14. The lowest BCUT2D eigenvalue weighted by Gasteiger charge is -2.43. The Morgan fingerprint density at radius 3 is 2.55 bits per heavy atom. The molecule has 2 aliphatic carbocycles. The van der Waals surface area contributed by atoms with Crippen LogP contribution < -0.4 is 5.32 Å². The van der Waals surface area contributed by atoms with Gasteiger partial charge in [0.15, 0.2) is 0 Å². The molecule has 0 aromatic heterocycles. The summed E-state index contributed by atoms with van der Waals surface area (Å²) in [6, 6.07) is 0.479. The SMILES string of the molecule is O=C(O)CN(CC1CC1)C1CC(NC(=O)C2CCCCO2)C1. The highest BCUT2D eigenvalue weighted by molar-refractivity contribution is 5.81. The molecule has 0 aromatic carbocycles. The molecule has 1 unspecified atom stereocenters. The third-order valence-corrected chi connectivity index (χ3v) is 4.98. The lowest BCUT2D eigenvalue weighted by Crippen LogP contribution is -2.56. The van der Waals surface area contributed by atoms with Gasteiger partial charge in [0.2, 0.25) is 5.91 Å². The summed E-state index contributed by atoms with van der Waals surface area (Å²) >= 11 is 0. The van der Waals surface area contributed by atoms with Crippen molar-refractivity contribution in [2.45, 2.75) is 63.1 Å². The Kier molecular flexibility index (Phi) is 4.98. The van der Waals surface area contributed by atoms with Gasteiger partial charge in [0, 0.05) is 25.2 Å². The maximum atomic E-state index is 12.1. The highest BCUT2D eigenvalue weighted by atomic mass is 16.5. The summed E-state index contributed by atoms with van der Waals surface area (Å²) in [5, 5.41) is 12.1. The molecule has 0 bridgehead atoms. The van der Waals surface area contributed by atoms with Crippen molar-refractivity contribution >= 4 is 11.9 Å². The van der Waals surface area contributed by atoms with E-state index < -0.39 is 5.97 Å². The number of rotatable bonds is 7. The van der Waals surface area contributed by atoms with Crippen LogP contribution in [0.5, 0.6) is 0 Å². The largest absolute Gasteiger partial charge is 0.480 e. The van der Waals surface area contributed by atoms with E-state index >= 15 is 0 Å². The monoisotopic (exact) mass is 310 g/mol. The minimum Gasteiger partial charge on any atom is -0.480 e. The van der Waals surface area contributed by atoms with E-state index in [-0.39, 0.29) is 24.6 Å². The highest BCUT2D eigenvalue weighted by Crippen LogP contribution is 2.33. The van der Waals surface area contributed by atoms with Crippen LogP contribution in [0.3, 0.4) is 0 Å². The molecule has 0 radical (unpaired) electrons. The molecule has 0 aromatic rings. The molecule has 3 fully saturated rings. The van der Waals surface area contributed by atoms with E-state index in [1.54, 1.807) is 0 Å². The van der Waals surface area contributed by atoms with E-state index in [0.717, 1.165) is 38.6 Å². The van der Waals surface area contributed by atoms with Crippen LogP contribution in [0.1, 0.15) is 44.9 Å². The number of nitrogens with one attached hydrogen (secondary N) is 1. The molecule has 1 amide bonds. The quantitative estimate of drug-likeness (QED) is 0.733. The molecule has 1 saturated heterocycles. The van der Waals surface area contributed by atoms with Crippen molar-refractivity contribution in [3.05, 3.63) is 0 Å². The zero-order chi connectivity index (χ0) is 15.5. The first-order valence-electron chi connectivity index (χ1n) is 8.49. The zero-order valence-electron chi connectivity index (χ0n) is 13.0. The molecule has 0 spiro atoms. The molecular formula is C16H26N2O4. The number of carboxylic acids is 1. The van der Waals surface area contributed by atoms with E-state index in [4.69, 9.17) is 9.84 Å². The van der Waals surface area contributed by atoms with Gasteiger partial charge < -0.3 is 15.2 Å². The first-order chi connectivity index (χ1) is 10.6. The fourth-order valence-corrected chi connectivity index (χ4v) is 3.39. The van der Waals surface area contributed by atoms with Gasteiger partial charge in [0.25, 0.3) is 0 Å². The Labute approximate surface area is 131 Å². The van der Waals surface area contributed by atoms with E-state index in [2.05, 4.69) is 10.2 Å². The minimum absolute atomic E-state index is 0.00938. The number of aliphatic carboxylic acids is 1. The van der Waals surface area contributed by atoms with Gasteiger partial charge in [-0.05, 0) is 50.9 Å². The van der Waals surface area contributed by atoms with E-state index in [0.29, 0.717) is 18.6 Å². The van der Waals surface area contributed by atoms with Gasteiger partial charge in [0.05, 0.1) is 6.54 Å². The number of hydrogen-bond donors (Lipinski definition) is 2. The molecular weight excluding hydrogens is 284 g/mol. The lowest BCUT2D eigenvalue weighted by molar-refractivity contribution is -0.141. The molecule has 2 saturated carbocycles. The number of carbonyl (C=O) groups excluding carboxylic acids is 1. The standard InChI is InChI=1S/C16H26N2O4/c19-15(20)10-18(9-11-4-5-11)13-7-12(8-13)17-16(21)14-3-1-2-6-22-14/h11-14H,1-10H2,(H,17,21)(H,19,20). The van der Waals surface area contributed by atoms with Gasteiger partial charge in [-0.15, -0.1) is 0 Å². The molecule has 6 nitrogen and oxygen atoms in total. The second kappa shape index (κ2) is 6.96. The smallest absolute Gasteiger partial charge is 0.317 e. The fraction of sp³-hybridized carbons (Fsp3) is 0.875. The summed E-state index contributed by atoms with van der Waals surface area (Å²) in [7, 11) is 0. The second-order valence-electron chi connectivity index (χ2n) is 6.95. The van der Waals surface area contributed by atoms with Crippen molar-refractivity contribution < 1.29 is 19.4 Å². The predicted molar refractivity (Wildman–Crippen MR) is 80.5 cm³/mol. The predicted octanol–water partition coefficient (Wildman–Crippen LogP) is 0.999. The number of hydrogen-bond acceptors (Lipinski definition) is 4. The van der Waals surface area contributed by atoms with Crippen LogP contribution in [0.15, 0.2) is 0 Å². The molecule has 2 N–H and O–H groups in total. The first kappa shape index (κ1) is 15.7. The normalized spacial score (nSPS) is 31.6. The van der Waals surface area contributed by atoms with Crippen LogP contribution >= 0.6 is 0 Å². The Bertz CT molecular complexity index is 412. The van der Waals surface area contributed by atoms with Gasteiger partial charge >= 0.3 is 5.97 Å². The van der Waals surface area contributed by atoms with Gasteiger partial charge in [-0.1, -0.05) is 0 Å². The summed E-state index contributed by atoms with van der Waals surface area (Å²) in [4.78, 5) is 25.2. The Morgan fingerprint density at radius 1 is 1.18 bits per heavy atom. The average molecular weight is 310 g/mol. The van der Waals surface area contributed by atoms with Crippen molar-refractivity contribution in [3.8, 4) is 0 Å². The first-order valence-corrected chi connectivity index (χ1v) is 8.49. The zero-order valence-corrected chi connectivity index (χ0v) is 13.0. The van der Waals surface area contributed by atoms with Crippen molar-refractivity contribution in [2.24, 2.45) is 5.92 Å². The van der Waals surface area contributed by atoms with E-state index in [1.165, 1.54) is 12.8 Å². The summed E-state index contributed by atoms with van der Waals surface area (Å²) < 4.78 is 5.50. The summed E-state index contributed by atoms with van der Waals surface area (Å²) in [6.45, 7) is 1.69. The number of carbonyl (C=O) groups is 2. The van der Waals surface area contributed by atoms with Crippen LogP contribution in [-0.2, 0) is 14.3 Å². The number of amides is 1. The number of carboxylic acid groups (broad SMARTS) is 1. The topological polar surface area (TPSA) is 78.9 Å². The molecule has 6 heteroatoms. The van der Waals surface area contributed by atoms with Crippen LogP contribution in [0.25, 0.3) is 0 Å². The molecule has 22 heavy (non-hydrogen) atoms. The summed E-state index contributed by atoms with van der Waals surface area (Å²) in [6.07, 6.45) is 6.80. The third kappa shape index (κ3) is 4.20. The van der Waals surface area contributed by atoms with Crippen LogP contribution in [0.2, 0.25) is 0 Å². The van der Waals surface area contributed by atoms with Crippen molar-refractivity contribution in [3.63, 3.8) is 0 Å². The van der Waals surface area contributed by atoms with E-state index in [1.807, 2.05) is 0 Å². The van der Waals surface area contributed by atoms with Gasteiger partial charge in [-0.2, -0.15) is 0 Å². The van der Waals surface area contributed by atoms with Gasteiger partial charge in [-0.25, -0.2) is 0 Å². The number of ether oxygens (including phenoxy) is 1. The van der Waals surface area contributed by atoms with E-state index in [9.17, 15) is 9.59 Å². The lowest BCUT2D eigenvalue weighted by atomic mass is 9.85. The Balaban J connectivity index is 1.41. The molecule has 1 heterocycles.